The van der Waals surface area contributed by atoms with Gasteiger partial charge in [0.05, 0.1) is 15.7 Å². The molecule has 134 valence electrons. The highest BCUT2D eigenvalue weighted by Crippen LogP contribution is 2.23. The Labute approximate surface area is 160 Å². The van der Waals surface area contributed by atoms with Crippen LogP contribution in [0.1, 0.15) is 16.3 Å². The van der Waals surface area contributed by atoms with Crippen molar-refractivity contribution in [2.45, 2.75) is 11.8 Å². The highest BCUT2D eigenvalue weighted by molar-refractivity contribution is 7.90. The molecule has 0 bridgehead atoms. The first-order chi connectivity index (χ1) is 12.3. The molecule has 0 aliphatic heterocycles. The molecule has 3 aromatic rings. The van der Waals surface area contributed by atoms with Gasteiger partial charge in [0, 0.05) is 6.20 Å². The summed E-state index contributed by atoms with van der Waals surface area (Å²) in [6, 6.07) is 12.9. The summed E-state index contributed by atoms with van der Waals surface area (Å²) in [5, 5.41) is 0.495. The monoisotopic (exact) mass is 409 g/mol. The van der Waals surface area contributed by atoms with Crippen molar-refractivity contribution >= 4 is 39.1 Å². The first-order valence-electron chi connectivity index (χ1n) is 7.42. The van der Waals surface area contributed by atoms with Crippen LogP contribution >= 0.6 is 23.2 Å². The second-order valence-electron chi connectivity index (χ2n) is 5.36. The van der Waals surface area contributed by atoms with Gasteiger partial charge in [-0.15, -0.1) is 0 Å². The minimum absolute atomic E-state index is 0.0191. The van der Waals surface area contributed by atoms with E-state index in [1.165, 1.54) is 24.4 Å². The Morgan fingerprint density at radius 2 is 1.65 bits per heavy atom. The minimum Gasteiger partial charge on any atom is -0.302 e. The van der Waals surface area contributed by atoms with Crippen molar-refractivity contribution in [2.24, 2.45) is 0 Å². The van der Waals surface area contributed by atoms with E-state index in [-0.39, 0.29) is 15.6 Å². The van der Waals surface area contributed by atoms with Gasteiger partial charge in [-0.25, -0.2) is 18.1 Å². The van der Waals surface area contributed by atoms with Gasteiger partial charge < -0.3 is 4.57 Å². The van der Waals surface area contributed by atoms with E-state index < -0.39 is 15.9 Å². The van der Waals surface area contributed by atoms with Gasteiger partial charge in [0.2, 0.25) is 0 Å². The third-order valence-corrected chi connectivity index (χ3v) is 5.73. The molecule has 0 fully saturated rings. The fourth-order valence-electron chi connectivity index (χ4n) is 2.37. The molecule has 3 rings (SSSR count). The molecule has 0 radical (unpaired) electrons. The fraction of sp³-hybridized carbons (Fsp3) is 0.0588. The highest BCUT2D eigenvalue weighted by atomic mass is 35.5. The zero-order valence-corrected chi connectivity index (χ0v) is 15.8. The Balaban J connectivity index is 1.91. The van der Waals surface area contributed by atoms with Crippen molar-refractivity contribution in [2.75, 3.05) is 0 Å². The standard InChI is InChI=1S/C17H13Cl2N3O3S/c1-11-20-14(10-22(11)15-8-4-2-6-12(15)18)17(23)21-26(24,25)16-9-5-3-7-13(16)19/h2-10H,1H3,(H,21,23). The molecule has 0 atom stereocenters. The molecule has 1 N–H and O–H groups in total. The Kier molecular flexibility index (Phi) is 5.04. The molecule has 6 nitrogen and oxygen atoms in total. The normalized spacial score (nSPS) is 11.3. The van der Waals surface area contributed by atoms with Crippen molar-refractivity contribution in [1.82, 2.24) is 14.3 Å². The SMILES string of the molecule is Cc1nc(C(=O)NS(=O)(=O)c2ccccc2Cl)cn1-c1ccccc1Cl. The third kappa shape index (κ3) is 3.60. The summed E-state index contributed by atoms with van der Waals surface area (Å²) in [7, 11) is -4.12. The molecule has 0 aliphatic rings. The summed E-state index contributed by atoms with van der Waals surface area (Å²) in [5.74, 6) is -0.378. The molecule has 0 spiro atoms. The zero-order chi connectivity index (χ0) is 18.9. The van der Waals surface area contributed by atoms with Crippen molar-refractivity contribution in [3.05, 3.63) is 76.3 Å². The van der Waals surface area contributed by atoms with Crippen LogP contribution in [-0.2, 0) is 10.0 Å². The molecule has 0 saturated carbocycles. The Morgan fingerprint density at radius 3 is 2.31 bits per heavy atom. The van der Waals surface area contributed by atoms with Crippen LogP contribution in [-0.4, -0.2) is 23.9 Å². The van der Waals surface area contributed by atoms with Gasteiger partial charge in [0.25, 0.3) is 15.9 Å². The summed E-state index contributed by atoms with van der Waals surface area (Å²) in [6.45, 7) is 1.68. The van der Waals surface area contributed by atoms with E-state index in [9.17, 15) is 13.2 Å². The Hall–Kier alpha value is -2.35. The van der Waals surface area contributed by atoms with Crippen LogP contribution in [0.5, 0.6) is 0 Å². The van der Waals surface area contributed by atoms with Crippen LogP contribution in [0.2, 0.25) is 10.0 Å². The van der Waals surface area contributed by atoms with Gasteiger partial charge in [0.15, 0.2) is 0 Å². The van der Waals surface area contributed by atoms with Crippen molar-refractivity contribution in [1.29, 1.82) is 0 Å². The lowest BCUT2D eigenvalue weighted by Gasteiger charge is -2.07. The number of aryl methyl sites for hydroxylation is 1. The quantitative estimate of drug-likeness (QED) is 0.713. The summed E-state index contributed by atoms with van der Waals surface area (Å²) < 4.78 is 28.3. The van der Waals surface area contributed by atoms with Crippen LogP contribution in [0.25, 0.3) is 5.69 Å². The first-order valence-corrected chi connectivity index (χ1v) is 9.66. The third-order valence-electron chi connectivity index (χ3n) is 3.58. The first kappa shape index (κ1) is 18.4. The van der Waals surface area contributed by atoms with E-state index >= 15 is 0 Å². The highest BCUT2D eigenvalue weighted by Gasteiger charge is 2.23. The van der Waals surface area contributed by atoms with Gasteiger partial charge in [-0.2, -0.15) is 0 Å². The largest absolute Gasteiger partial charge is 0.302 e. The molecule has 0 saturated heterocycles. The van der Waals surface area contributed by atoms with E-state index in [0.717, 1.165) is 0 Å². The summed E-state index contributed by atoms with van der Waals surface area (Å²) >= 11 is 12.1. The number of aromatic nitrogens is 2. The van der Waals surface area contributed by atoms with Gasteiger partial charge in [-0.1, -0.05) is 47.5 Å². The van der Waals surface area contributed by atoms with E-state index in [2.05, 4.69) is 4.98 Å². The predicted molar refractivity (Wildman–Crippen MR) is 99.4 cm³/mol. The molecule has 9 heteroatoms. The zero-order valence-electron chi connectivity index (χ0n) is 13.5. The van der Waals surface area contributed by atoms with Crippen LogP contribution < -0.4 is 4.72 Å². The number of halogens is 2. The summed E-state index contributed by atoms with van der Waals surface area (Å²) in [5.41, 5.74) is 0.574. The predicted octanol–water partition coefficient (Wildman–Crippen LogP) is 3.61. The molecule has 1 amide bonds. The number of carbonyl (C=O) groups is 1. The molecular weight excluding hydrogens is 397 g/mol. The molecule has 2 aromatic carbocycles. The number of amides is 1. The second kappa shape index (κ2) is 7.11. The number of nitrogens with one attached hydrogen (secondary N) is 1. The molecule has 26 heavy (non-hydrogen) atoms. The van der Waals surface area contributed by atoms with E-state index in [0.29, 0.717) is 16.5 Å². The number of hydrogen-bond donors (Lipinski definition) is 1. The van der Waals surface area contributed by atoms with E-state index in [1.807, 2.05) is 4.72 Å². The molecular formula is C17H13Cl2N3O3S. The average Bonchev–Trinajstić information content (AvgIpc) is 2.97. The average molecular weight is 410 g/mol. The van der Waals surface area contributed by atoms with Crippen LogP contribution in [0.15, 0.2) is 59.6 Å². The maximum absolute atomic E-state index is 12.4. The fourth-order valence-corrected chi connectivity index (χ4v) is 4.07. The lowest BCUT2D eigenvalue weighted by molar-refractivity contribution is 0.0977. The minimum atomic E-state index is -4.12. The number of rotatable bonds is 4. The number of para-hydroxylation sites is 1. The van der Waals surface area contributed by atoms with E-state index in [1.54, 1.807) is 41.8 Å². The molecule has 0 aliphatic carbocycles. The number of carbonyl (C=O) groups excluding carboxylic acids is 1. The van der Waals surface area contributed by atoms with Crippen LogP contribution in [0.3, 0.4) is 0 Å². The van der Waals surface area contributed by atoms with Crippen molar-refractivity contribution < 1.29 is 13.2 Å². The summed E-state index contributed by atoms with van der Waals surface area (Å²) in [6.07, 6.45) is 1.42. The van der Waals surface area contributed by atoms with E-state index in [4.69, 9.17) is 23.2 Å². The molecule has 1 aromatic heterocycles. The lowest BCUT2D eigenvalue weighted by Crippen LogP contribution is -2.31. The lowest BCUT2D eigenvalue weighted by atomic mass is 10.3. The second-order valence-corrected chi connectivity index (χ2v) is 7.83. The Bertz CT molecular complexity index is 1090. The van der Waals surface area contributed by atoms with Gasteiger partial charge in [-0.05, 0) is 31.2 Å². The number of hydrogen-bond acceptors (Lipinski definition) is 4. The number of benzene rings is 2. The van der Waals surface area contributed by atoms with Crippen molar-refractivity contribution in [3.63, 3.8) is 0 Å². The number of sulfonamides is 1. The summed E-state index contributed by atoms with van der Waals surface area (Å²) in [4.78, 5) is 16.3. The number of imidazole rings is 1. The van der Waals surface area contributed by atoms with Gasteiger partial charge >= 0.3 is 0 Å². The van der Waals surface area contributed by atoms with Gasteiger partial charge in [-0.3, -0.25) is 4.79 Å². The van der Waals surface area contributed by atoms with Crippen LogP contribution in [0, 0.1) is 6.92 Å². The van der Waals surface area contributed by atoms with Crippen molar-refractivity contribution in [3.8, 4) is 5.69 Å². The topological polar surface area (TPSA) is 81.1 Å². The smallest absolute Gasteiger partial charge is 0.285 e. The molecule has 1 heterocycles. The number of nitrogens with zero attached hydrogens (tertiary/aromatic N) is 2. The maximum Gasteiger partial charge on any atom is 0.285 e. The molecule has 0 unspecified atom stereocenters. The Morgan fingerprint density at radius 1 is 1.04 bits per heavy atom. The maximum atomic E-state index is 12.4. The van der Waals surface area contributed by atoms with Crippen LogP contribution in [0.4, 0.5) is 0 Å². The van der Waals surface area contributed by atoms with Gasteiger partial charge in [0.1, 0.15) is 16.4 Å².